The lowest BCUT2D eigenvalue weighted by Gasteiger charge is -2.35. The SMILES string of the molecule is OC[C@@H]1C[C@H]2C[C@@H]1[C@@H]1[C@H]2[C@@H]2C=C[C@H]1C2. The molecule has 4 aliphatic carbocycles. The van der Waals surface area contributed by atoms with Crippen LogP contribution in [-0.4, -0.2) is 11.7 Å². The van der Waals surface area contributed by atoms with Crippen molar-refractivity contribution >= 4 is 0 Å². The van der Waals surface area contributed by atoms with Gasteiger partial charge in [-0.25, -0.2) is 0 Å². The Kier molecular flexibility index (Phi) is 1.38. The van der Waals surface area contributed by atoms with Gasteiger partial charge < -0.3 is 5.11 Å². The molecule has 0 unspecified atom stereocenters. The van der Waals surface area contributed by atoms with Gasteiger partial charge in [-0.1, -0.05) is 12.2 Å². The number of rotatable bonds is 1. The van der Waals surface area contributed by atoms with Gasteiger partial charge in [-0.2, -0.15) is 0 Å². The van der Waals surface area contributed by atoms with E-state index >= 15 is 0 Å². The van der Waals surface area contributed by atoms with Gasteiger partial charge in [-0.15, -0.1) is 0 Å². The molecule has 0 amide bonds. The molecule has 76 valence electrons. The van der Waals surface area contributed by atoms with Crippen molar-refractivity contribution < 1.29 is 5.11 Å². The van der Waals surface area contributed by atoms with Crippen LogP contribution >= 0.6 is 0 Å². The lowest BCUT2D eigenvalue weighted by molar-refractivity contribution is 0.0995. The van der Waals surface area contributed by atoms with Gasteiger partial charge in [0.2, 0.25) is 0 Å². The fourth-order valence-electron chi connectivity index (χ4n) is 5.36. The van der Waals surface area contributed by atoms with Crippen molar-refractivity contribution in [3.05, 3.63) is 12.2 Å². The topological polar surface area (TPSA) is 20.2 Å². The van der Waals surface area contributed by atoms with Crippen LogP contribution in [0.4, 0.5) is 0 Å². The minimum atomic E-state index is 0.450. The highest BCUT2D eigenvalue weighted by molar-refractivity contribution is 5.20. The molecule has 1 nitrogen and oxygen atoms in total. The third-order valence-electron chi connectivity index (χ3n) is 5.64. The molecule has 0 spiro atoms. The molecule has 1 heteroatoms. The lowest BCUT2D eigenvalue weighted by atomic mass is 9.70. The Labute approximate surface area is 85.2 Å². The molecule has 0 aliphatic heterocycles. The van der Waals surface area contributed by atoms with Crippen molar-refractivity contribution in [2.75, 3.05) is 6.61 Å². The van der Waals surface area contributed by atoms with E-state index in [1.165, 1.54) is 19.3 Å². The number of fused-ring (bicyclic) bond motifs is 9. The van der Waals surface area contributed by atoms with E-state index < -0.39 is 0 Å². The first-order valence-corrected chi connectivity index (χ1v) is 6.17. The van der Waals surface area contributed by atoms with E-state index in [1.807, 2.05) is 0 Å². The number of hydrogen-bond acceptors (Lipinski definition) is 1. The third-order valence-corrected chi connectivity index (χ3v) is 5.64. The Morgan fingerprint density at radius 3 is 2.57 bits per heavy atom. The average Bonchev–Trinajstić information content (AvgIpc) is 2.94. The first-order valence-electron chi connectivity index (χ1n) is 6.17. The molecule has 0 saturated heterocycles. The van der Waals surface area contributed by atoms with Crippen LogP contribution in [0.25, 0.3) is 0 Å². The van der Waals surface area contributed by atoms with Gasteiger partial charge in [0.1, 0.15) is 0 Å². The fourth-order valence-corrected chi connectivity index (χ4v) is 5.36. The molecular formula is C13H18O. The summed E-state index contributed by atoms with van der Waals surface area (Å²) in [6.07, 6.45) is 9.18. The zero-order valence-electron chi connectivity index (χ0n) is 8.47. The summed E-state index contributed by atoms with van der Waals surface area (Å²) in [5, 5.41) is 9.36. The minimum Gasteiger partial charge on any atom is -0.396 e. The van der Waals surface area contributed by atoms with Gasteiger partial charge >= 0.3 is 0 Å². The number of aliphatic hydroxyl groups is 1. The molecule has 0 aromatic rings. The van der Waals surface area contributed by atoms with Crippen molar-refractivity contribution in [3.63, 3.8) is 0 Å². The van der Waals surface area contributed by atoms with Crippen LogP contribution < -0.4 is 0 Å². The molecule has 4 aliphatic rings. The summed E-state index contributed by atoms with van der Waals surface area (Å²) in [7, 11) is 0. The van der Waals surface area contributed by atoms with Crippen LogP contribution in [-0.2, 0) is 0 Å². The molecule has 0 heterocycles. The van der Waals surface area contributed by atoms with Gasteiger partial charge in [0.05, 0.1) is 0 Å². The molecular weight excluding hydrogens is 172 g/mol. The highest BCUT2D eigenvalue weighted by atomic mass is 16.3. The summed E-state index contributed by atoms with van der Waals surface area (Å²) in [5.74, 6) is 6.35. The van der Waals surface area contributed by atoms with E-state index in [9.17, 15) is 5.11 Å². The van der Waals surface area contributed by atoms with Crippen molar-refractivity contribution in [1.29, 1.82) is 0 Å². The van der Waals surface area contributed by atoms with Gasteiger partial charge in [0.15, 0.2) is 0 Å². The van der Waals surface area contributed by atoms with Gasteiger partial charge in [0.25, 0.3) is 0 Å². The zero-order chi connectivity index (χ0) is 9.28. The molecule has 7 atom stereocenters. The second-order valence-electron chi connectivity index (χ2n) is 5.94. The highest BCUT2D eigenvalue weighted by Crippen LogP contribution is 2.66. The van der Waals surface area contributed by atoms with E-state index in [2.05, 4.69) is 12.2 Å². The molecule has 3 saturated carbocycles. The molecule has 1 N–H and O–H groups in total. The monoisotopic (exact) mass is 190 g/mol. The van der Waals surface area contributed by atoms with Crippen LogP contribution in [0.5, 0.6) is 0 Å². The first-order chi connectivity index (χ1) is 6.88. The Hall–Kier alpha value is -0.300. The Morgan fingerprint density at radius 1 is 1.00 bits per heavy atom. The summed E-state index contributed by atoms with van der Waals surface area (Å²) in [5.41, 5.74) is 0. The zero-order valence-corrected chi connectivity index (χ0v) is 8.47. The van der Waals surface area contributed by atoms with E-state index in [0.29, 0.717) is 12.5 Å². The Balaban J connectivity index is 1.72. The van der Waals surface area contributed by atoms with Gasteiger partial charge in [-0.3, -0.25) is 0 Å². The number of hydrogen-bond donors (Lipinski definition) is 1. The number of aliphatic hydroxyl groups excluding tert-OH is 1. The van der Waals surface area contributed by atoms with E-state index in [0.717, 1.165) is 35.5 Å². The minimum absolute atomic E-state index is 0.450. The van der Waals surface area contributed by atoms with E-state index in [4.69, 9.17) is 0 Å². The summed E-state index contributed by atoms with van der Waals surface area (Å²) in [6.45, 7) is 0.450. The molecule has 4 rings (SSSR count). The number of allylic oxidation sites excluding steroid dienone is 2. The first kappa shape index (κ1) is 7.92. The average molecular weight is 190 g/mol. The molecule has 3 fully saturated rings. The normalized spacial score (nSPS) is 62.5. The maximum Gasteiger partial charge on any atom is 0.0462 e. The Morgan fingerprint density at radius 2 is 1.79 bits per heavy atom. The van der Waals surface area contributed by atoms with Gasteiger partial charge in [0, 0.05) is 6.61 Å². The predicted molar refractivity (Wildman–Crippen MR) is 54.5 cm³/mol. The van der Waals surface area contributed by atoms with Crippen LogP contribution in [0.1, 0.15) is 19.3 Å². The molecule has 4 bridgehead atoms. The van der Waals surface area contributed by atoms with Crippen LogP contribution in [0.3, 0.4) is 0 Å². The van der Waals surface area contributed by atoms with Crippen molar-refractivity contribution in [3.8, 4) is 0 Å². The fraction of sp³-hybridized carbons (Fsp3) is 0.846. The van der Waals surface area contributed by atoms with Gasteiger partial charge in [-0.05, 0) is 60.7 Å². The van der Waals surface area contributed by atoms with E-state index in [-0.39, 0.29) is 0 Å². The largest absolute Gasteiger partial charge is 0.396 e. The maximum absolute atomic E-state index is 9.36. The van der Waals surface area contributed by atoms with E-state index in [1.54, 1.807) is 0 Å². The quantitative estimate of drug-likeness (QED) is 0.496. The smallest absolute Gasteiger partial charge is 0.0462 e. The predicted octanol–water partition coefficient (Wildman–Crippen LogP) is 2.07. The van der Waals surface area contributed by atoms with Crippen LogP contribution in [0.2, 0.25) is 0 Å². The maximum atomic E-state index is 9.36. The Bertz CT molecular complexity index is 296. The summed E-state index contributed by atoms with van der Waals surface area (Å²) in [4.78, 5) is 0. The molecule has 0 aromatic heterocycles. The van der Waals surface area contributed by atoms with Crippen LogP contribution in [0.15, 0.2) is 12.2 Å². The summed E-state index contributed by atoms with van der Waals surface area (Å²) in [6, 6.07) is 0. The van der Waals surface area contributed by atoms with Crippen molar-refractivity contribution in [1.82, 2.24) is 0 Å². The summed E-state index contributed by atoms with van der Waals surface area (Å²) >= 11 is 0. The molecule has 14 heavy (non-hydrogen) atoms. The summed E-state index contributed by atoms with van der Waals surface area (Å²) < 4.78 is 0. The molecule has 0 aromatic carbocycles. The third kappa shape index (κ3) is 0.735. The van der Waals surface area contributed by atoms with Crippen LogP contribution in [0, 0.1) is 41.4 Å². The standard InChI is InChI=1S/C13H18O/c14-6-10-4-9-5-11(10)13-8-2-1-7(3-8)12(9)13/h1-2,7-14H,3-6H2/t7-,8+,9+,10+,11+,12+,13-/m1/s1. The second-order valence-corrected chi connectivity index (χ2v) is 5.94. The second kappa shape index (κ2) is 2.44. The van der Waals surface area contributed by atoms with Crippen molar-refractivity contribution in [2.24, 2.45) is 41.4 Å². The lowest BCUT2D eigenvalue weighted by Crippen LogP contribution is -2.32. The highest BCUT2D eigenvalue weighted by Gasteiger charge is 2.60. The molecule has 0 radical (unpaired) electrons. The van der Waals surface area contributed by atoms with Crippen molar-refractivity contribution in [2.45, 2.75) is 19.3 Å².